The molecular formula is C25H29NO4. The van der Waals surface area contributed by atoms with Gasteiger partial charge in [-0.3, -0.25) is 9.59 Å². The number of Topliss-reactive ketones (excluding diaryl/α,β-unsaturated/α-hetero) is 1. The van der Waals surface area contributed by atoms with Crippen molar-refractivity contribution in [1.82, 2.24) is 0 Å². The lowest BCUT2D eigenvalue weighted by molar-refractivity contribution is -0.146. The molecule has 0 unspecified atom stereocenters. The van der Waals surface area contributed by atoms with E-state index in [1.807, 2.05) is 38.1 Å². The highest BCUT2D eigenvalue weighted by Crippen LogP contribution is 2.42. The quantitative estimate of drug-likeness (QED) is 0.680. The third-order valence-corrected chi connectivity index (χ3v) is 5.98. The number of hydrogen-bond donors (Lipinski definition) is 0. The minimum atomic E-state index is -0.501. The summed E-state index contributed by atoms with van der Waals surface area (Å²) < 4.78 is 11.1. The van der Waals surface area contributed by atoms with E-state index < -0.39 is 5.60 Å². The van der Waals surface area contributed by atoms with Crippen molar-refractivity contribution in [2.75, 3.05) is 25.1 Å². The standard InChI is InChI=1S/C25H29NO4/c1-15(2)17-10-20(23-21(27)12-25(3,4)30-22(23)11-17)16-7-6-8-19(9-16)26-13-18(14-26)24(28)29-5/h6-11,15,18H,12-14H2,1-5H3. The largest absolute Gasteiger partial charge is 0.487 e. The first-order valence-electron chi connectivity index (χ1n) is 10.5. The zero-order chi connectivity index (χ0) is 21.6. The molecule has 0 bridgehead atoms. The molecule has 0 spiro atoms. The van der Waals surface area contributed by atoms with Gasteiger partial charge in [-0.05, 0) is 60.7 Å². The number of benzene rings is 2. The predicted molar refractivity (Wildman–Crippen MR) is 117 cm³/mol. The lowest BCUT2D eigenvalue weighted by atomic mass is 9.85. The van der Waals surface area contributed by atoms with Crippen molar-refractivity contribution in [3.63, 3.8) is 0 Å². The van der Waals surface area contributed by atoms with Crippen LogP contribution in [0.5, 0.6) is 5.75 Å². The fourth-order valence-electron chi connectivity index (χ4n) is 4.25. The van der Waals surface area contributed by atoms with Crippen LogP contribution >= 0.6 is 0 Å². The first-order chi connectivity index (χ1) is 14.2. The lowest BCUT2D eigenvalue weighted by Crippen LogP contribution is -2.50. The zero-order valence-corrected chi connectivity index (χ0v) is 18.3. The van der Waals surface area contributed by atoms with E-state index in [1.165, 1.54) is 7.11 Å². The predicted octanol–water partition coefficient (Wildman–Crippen LogP) is 4.83. The first kappa shape index (κ1) is 20.5. The second-order valence-electron chi connectivity index (χ2n) is 9.23. The average Bonchev–Trinajstić information content (AvgIpc) is 2.64. The van der Waals surface area contributed by atoms with Crippen LogP contribution in [0.15, 0.2) is 36.4 Å². The van der Waals surface area contributed by atoms with Crippen LogP contribution in [0, 0.1) is 5.92 Å². The van der Waals surface area contributed by atoms with Crippen molar-refractivity contribution in [2.45, 2.75) is 45.6 Å². The SMILES string of the molecule is COC(=O)C1CN(c2cccc(-c3cc(C(C)C)cc4c3C(=O)CC(C)(C)O4)c2)C1. The lowest BCUT2D eigenvalue weighted by Gasteiger charge is -2.39. The molecule has 0 radical (unpaired) electrons. The molecule has 2 aromatic rings. The summed E-state index contributed by atoms with van der Waals surface area (Å²) in [6.07, 6.45) is 0.362. The molecular weight excluding hydrogens is 378 g/mol. The number of carbonyl (C=O) groups excluding carboxylic acids is 2. The Kier molecular flexibility index (Phi) is 5.08. The van der Waals surface area contributed by atoms with E-state index in [0.29, 0.717) is 36.7 Å². The fraction of sp³-hybridized carbons (Fsp3) is 0.440. The van der Waals surface area contributed by atoms with Crippen molar-refractivity contribution in [3.05, 3.63) is 47.5 Å². The smallest absolute Gasteiger partial charge is 0.312 e. The third kappa shape index (κ3) is 3.69. The van der Waals surface area contributed by atoms with E-state index in [4.69, 9.17) is 9.47 Å². The monoisotopic (exact) mass is 407 g/mol. The minimum absolute atomic E-state index is 0.0760. The number of rotatable bonds is 4. The summed E-state index contributed by atoms with van der Waals surface area (Å²) in [6, 6.07) is 12.3. The topological polar surface area (TPSA) is 55.8 Å². The van der Waals surface area contributed by atoms with Gasteiger partial charge in [-0.2, -0.15) is 0 Å². The number of carbonyl (C=O) groups is 2. The second kappa shape index (κ2) is 7.46. The number of hydrogen-bond acceptors (Lipinski definition) is 5. The van der Waals surface area contributed by atoms with E-state index in [0.717, 1.165) is 22.4 Å². The van der Waals surface area contributed by atoms with E-state index in [9.17, 15) is 9.59 Å². The summed E-state index contributed by atoms with van der Waals surface area (Å²) in [5, 5.41) is 0. The van der Waals surface area contributed by atoms with Gasteiger partial charge >= 0.3 is 5.97 Å². The molecule has 0 atom stereocenters. The molecule has 4 rings (SSSR count). The Bertz CT molecular complexity index is 1000. The molecule has 1 fully saturated rings. The molecule has 0 saturated carbocycles. The van der Waals surface area contributed by atoms with E-state index in [1.54, 1.807) is 0 Å². The van der Waals surface area contributed by atoms with Crippen molar-refractivity contribution in [3.8, 4) is 16.9 Å². The number of fused-ring (bicyclic) bond motifs is 1. The maximum atomic E-state index is 13.1. The molecule has 0 aromatic heterocycles. The Hall–Kier alpha value is -2.82. The summed E-state index contributed by atoms with van der Waals surface area (Å²) >= 11 is 0. The van der Waals surface area contributed by atoms with Crippen LogP contribution in [0.25, 0.3) is 11.1 Å². The highest BCUT2D eigenvalue weighted by atomic mass is 16.5. The molecule has 30 heavy (non-hydrogen) atoms. The number of esters is 1. The summed E-state index contributed by atoms with van der Waals surface area (Å²) in [5.74, 6) is 0.876. The van der Waals surface area contributed by atoms with Crippen molar-refractivity contribution >= 4 is 17.4 Å². The van der Waals surface area contributed by atoms with Crippen molar-refractivity contribution < 1.29 is 19.1 Å². The molecule has 1 saturated heterocycles. The van der Waals surface area contributed by atoms with E-state index in [-0.39, 0.29) is 17.7 Å². The van der Waals surface area contributed by atoms with Gasteiger partial charge in [-0.15, -0.1) is 0 Å². The van der Waals surface area contributed by atoms with Gasteiger partial charge in [0.15, 0.2) is 5.78 Å². The molecule has 2 heterocycles. The molecule has 5 heteroatoms. The van der Waals surface area contributed by atoms with Crippen LogP contribution in [-0.4, -0.2) is 37.6 Å². The Morgan fingerprint density at radius 3 is 2.60 bits per heavy atom. The molecule has 2 aromatic carbocycles. The summed E-state index contributed by atoms with van der Waals surface area (Å²) in [5.41, 5.74) is 4.27. The molecule has 0 amide bonds. The highest BCUT2D eigenvalue weighted by Gasteiger charge is 2.36. The normalized spacial score (nSPS) is 17.9. The van der Waals surface area contributed by atoms with Gasteiger partial charge in [0.2, 0.25) is 0 Å². The van der Waals surface area contributed by atoms with Crippen LogP contribution in [0.4, 0.5) is 5.69 Å². The summed E-state index contributed by atoms with van der Waals surface area (Å²) in [7, 11) is 1.43. The number of ether oxygens (including phenoxy) is 2. The zero-order valence-electron chi connectivity index (χ0n) is 18.3. The van der Waals surface area contributed by atoms with Gasteiger partial charge in [0, 0.05) is 18.8 Å². The Morgan fingerprint density at radius 2 is 1.93 bits per heavy atom. The minimum Gasteiger partial charge on any atom is -0.487 e. The van der Waals surface area contributed by atoms with E-state index in [2.05, 4.69) is 30.9 Å². The molecule has 5 nitrogen and oxygen atoms in total. The van der Waals surface area contributed by atoms with Gasteiger partial charge in [0.1, 0.15) is 11.4 Å². The van der Waals surface area contributed by atoms with Crippen molar-refractivity contribution in [2.24, 2.45) is 5.92 Å². The highest BCUT2D eigenvalue weighted by molar-refractivity contribution is 6.06. The average molecular weight is 408 g/mol. The summed E-state index contributed by atoms with van der Waals surface area (Å²) in [4.78, 5) is 26.9. The molecule has 158 valence electrons. The van der Waals surface area contributed by atoms with Crippen LogP contribution in [0.2, 0.25) is 0 Å². The van der Waals surface area contributed by atoms with Crippen molar-refractivity contribution in [1.29, 1.82) is 0 Å². The second-order valence-corrected chi connectivity index (χ2v) is 9.23. The van der Waals surface area contributed by atoms with Crippen LogP contribution in [0.3, 0.4) is 0 Å². The van der Waals surface area contributed by atoms with Gasteiger partial charge in [-0.25, -0.2) is 0 Å². The Morgan fingerprint density at radius 1 is 1.20 bits per heavy atom. The van der Waals surface area contributed by atoms with Gasteiger partial charge in [0.05, 0.1) is 25.0 Å². The maximum absolute atomic E-state index is 13.1. The van der Waals surface area contributed by atoms with Crippen LogP contribution in [0.1, 0.15) is 56.0 Å². The fourth-order valence-corrected chi connectivity index (χ4v) is 4.25. The van der Waals surface area contributed by atoms with Crippen LogP contribution in [-0.2, 0) is 9.53 Å². The van der Waals surface area contributed by atoms with E-state index >= 15 is 0 Å². The first-order valence-corrected chi connectivity index (χ1v) is 10.5. The number of nitrogens with zero attached hydrogens (tertiary/aromatic N) is 1. The molecule has 2 aliphatic rings. The number of ketones is 1. The van der Waals surface area contributed by atoms with Gasteiger partial charge in [0.25, 0.3) is 0 Å². The Balaban J connectivity index is 1.73. The summed E-state index contributed by atoms with van der Waals surface area (Å²) in [6.45, 7) is 9.50. The Labute approximate surface area is 178 Å². The molecule has 2 aliphatic heterocycles. The van der Waals surface area contributed by atoms with Gasteiger partial charge in [-0.1, -0.05) is 26.0 Å². The molecule has 0 aliphatic carbocycles. The molecule has 0 N–H and O–H groups in total. The van der Waals surface area contributed by atoms with Crippen LogP contribution < -0.4 is 9.64 Å². The van der Waals surface area contributed by atoms with Gasteiger partial charge < -0.3 is 14.4 Å². The number of methoxy groups -OCH3 is 1. The maximum Gasteiger partial charge on any atom is 0.312 e. The third-order valence-electron chi connectivity index (χ3n) is 5.98. The number of anilines is 1.